The highest BCUT2D eigenvalue weighted by molar-refractivity contribution is 4.96. The zero-order valence-corrected chi connectivity index (χ0v) is 7.27. The first-order valence-electron chi connectivity index (χ1n) is 3.96. The zero-order valence-electron chi connectivity index (χ0n) is 7.27. The fourth-order valence-electron chi connectivity index (χ4n) is 0.834. The summed E-state index contributed by atoms with van der Waals surface area (Å²) in [6, 6.07) is 0. The molecule has 0 atom stereocenters. The molecule has 1 aromatic heterocycles. The number of nitrogens with two attached hydrogens (primary N) is 1. The Labute approximate surface area is 78.3 Å². The summed E-state index contributed by atoms with van der Waals surface area (Å²) in [5.74, 6) is -1.08. The molecule has 3 N–H and O–H groups in total. The summed E-state index contributed by atoms with van der Waals surface area (Å²) in [5.41, 5.74) is 5.18. The first-order valence-corrected chi connectivity index (χ1v) is 3.96. The van der Waals surface area contributed by atoms with Gasteiger partial charge in [0.2, 0.25) is 0 Å². The third-order valence-corrected chi connectivity index (χ3v) is 1.42. The van der Waals surface area contributed by atoms with E-state index in [4.69, 9.17) is 5.73 Å². The molecule has 0 saturated carbocycles. The van der Waals surface area contributed by atoms with Crippen molar-refractivity contribution in [1.29, 1.82) is 0 Å². The van der Waals surface area contributed by atoms with Gasteiger partial charge in [0.25, 0.3) is 0 Å². The van der Waals surface area contributed by atoms with Gasteiger partial charge in [0.1, 0.15) is 5.76 Å². The SMILES string of the molecule is NCCNCc1cnc(C(F)(F)F)o1. The van der Waals surface area contributed by atoms with Crippen LogP contribution in [0.25, 0.3) is 0 Å². The van der Waals surface area contributed by atoms with E-state index in [0.29, 0.717) is 13.1 Å². The van der Waals surface area contributed by atoms with Crippen molar-refractivity contribution in [1.82, 2.24) is 10.3 Å². The first kappa shape index (κ1) is 11.0. The Hall–Kier alpha value is -1.08. The maximum Gasteiger partial charge on any atom is 0.468 e. The van der Waals surface area contributed by atoms with Crippen LogP contribution in [0.5, 0.6) is 0 Å². The van der Waals surface area contributed by atoms with Crippen molar-refractivity contribution in [3.63, 3.8) is 0 Å². The maximum atomic E-state index is 12.0. The molecule has 0 spiro atoms. The van der Waals surface area contributed by atoms with Crippen LogP contribution in [0, 0.1) is 0 Å². The average molecular weight is 209 g/mol. The van der Waals surface area contributed by atoms with Gasteiger partial charge < -0.3 is 15.5 Å². The largest absolute Gasteiger partial charge is 0.468 e. The van der Waals surface area contributed by atoms with E-state index in [1.807, 2.05) is 0 Å². The van der Waals surface area contributed by atoms with Crippen molar-refractivity contribution < 1.29 is 17.6 Å². The minimum absolute atomic E-state index is 0.144. The fraction of sp³-hybridized carbons (Fsp3) is 0.571. The van der Waals surface area contributed by atoms with Crippen LogP contribution in [0.2, 0.25) is 0 Å². The van der Waals surface area contributed by atoms with Gasteiger partial charge >= 0.3 is 12.1 Å². The number of halogens is 3. The molecule has 0 radical (unpaired) electrons. The highest BCUT2D eigenvalue weighted by Gasteiger charge is 2.36. The van der Waals surface area contributed by atoms with E-state index in [-0.39, 0.29) is 12.3 Å². The number of nitrogens with one attached hydrogen (secondary N) is 1. The van der Waals surface area contributed by atoms with Gasteiger partial charge in [-0.15, -0.1) is 0 Å². The zero-order chi connectivity index (χ0) is 10.6. The second-order valence-corrected chi connectivity index (χ2v) is 2.59. The van der Waals surface area contributed by atoms with Crippen LogP contribution in [-0.2, 0) is 12.7 Å². The normalized spacial score (nSPS) is 12.0. The third-order valence-electron chi connectivity index (χ3n) is 1.42. The van der Waals surface area contributed by atoms with E-state index in [2.05, 4.69) is 14.7 Å². The van der Waals surface area contributed by atoms with Crippen LogP contribution < -0.4 is 11.1 Å². The average Bonchev–Trinajstić information content (AvgIpc) is 2.52. The predicted octanol–water partition coefficient (Wildman–Crippen LogP) is 0.742. The smallest absolute Gasteiger partial charge is 0.437 e. The summed E-state index contributed by atoms with van der Waals surface area (Å²) < 4.78 is 40.4. The molecule has 4 nitrogen and oxygen atoms in total. The lowest BCUT2D eigenvalue weighted by molar-refractivity contribution is -0.157. The molecule has 7 heteroatoms. The van der Waals surface area contributed by atoms with Crippen molar-refractivity contribution in [2.24, 2.45) is 5.73 Å². The molecule has 1 heterocycles. The van der Waals surface area contributed by atoms with Gasteiger partial charge in [0.05, 0.1) is 12.7 Å². The van der Waals surface area contributed by atoms with E-state index >= 15 is 0 Å². The van der Waals surface area contributed by atoms with Gasteiger partial charge in [-0.1, -0.05) is 0 Å². The standard InChI is InChI=1S/C7H10F3N3O/c8-7(9,10)6-13-4-5(14-6)3-12-2-1-11/h4,12H,1-3,11H2. The number of nitrogens with zero attached hydrogens (tertiary/aromatic N) is 1. The quantitative estimate of drug-likeness (QED) is 0.718. The summed E-state index contributed by atoms with van der Waals surface area (Å²) in [6.07, 6.45) is -3.47. The molecule has 14 heavy (non-hydrogen) atoms. The van der Waals surface area contributed by atoms with Crippen molar-refractivity contribution in [2.45, 2.75) is 12.7 Å². The lowest BCUT2D eigenvalue weighted by atomic mass is 10.5. The van der Waals surface area contributed by atoms with Gasteiger partial charge in [-0.05, 0) is 0 Å². The molecule has 0 aliphatic rings. The third kappa shape index (κ3) is 3.00. The van der Waals surface area contributed by atoms with Crippen molar-refractivity contribution in [3.05, 3.63) is 17.8 Å². The molecule has 0 aromatic carbocycles. The van der Waals surface area contributed by atoms with E-state index in [1.54, 1.807) is 0 Å². The summed E-state index contributed by atoms with van der Waals surface area (Å²) >= 11 is 0. The number of hydrogen-bond donors (Lipinski definition) is 2. The van der Waals surface area contributed by atoms with E-state index in [1.165, 1.54) is 0 Å². The molecule has 0 unspecified atom stereocenters. The Balaban J connectivity index is 2.51. The van der Waals surface area contributed by atoms with Crippen LogP contribution in [-0.4, -0.2) is 18.1 Å². The minimum atomic E-state index is -4.52. The van der Waals surface area contributed by atoms with Crippen molar-refractivity contribution in [3.8, 4) is 0 Å². The first-order chi connectivity index (χ1) is 6.54. The van der Waals surface area contributed by atoms with Gasteiger partial charge in [0, 0.05) is 13.1 Å². The molecular weight excluding hydrogens is 199 g/mol. The summed E-state index contributed by atoms with van der Waals surface area (Å²) in [5, 5.41) is 2.79. The number of aromatic nitrogens is 1. The highest BCUT2D eigenvalue weighted by atomic mass is 19.4. The van der Waals surface area contributed by atoms with E-state index in [0.717, 1.165) is 6.20 Å². The fourth-order valence-corrected chi connectivity index (χ4v) is 0.834. The van der Waals surface area contributed by atoms with Crippen LogP contribution in [0.15, 0.2) is 10.6 Å². The summed E-state index contributed by atoms with van der Waals surface area (Å²) in [7, 11) is 0. The molecular formula is C7H10F3N3O. The predicted molar refractivity (Wildman–Crippen MR) is 42.3 cm³/mol. The molecule has 1 rings (SSSR count). The number of rotatable bonds is 4. The molecule has 0 fully saturated rings. The second-order valence-electron chi connectivity index (χ2n) is 2.59. The molecule has 0 aliphatic heterocycles. The Morgan fingerprint density at radius 3 is 2.71 bits per heavy atom. The molecule has 0 bridgehead atoms. The van der Waals surface area contributed by atoms with Crippen LogP contribution >= 0.6 is 0 Å². The topological polar surface area (TPSA) is 64.1 Å². The van der Waals surface area contributed by atoms with Gasteiger partial charge in [-0.3, -0.25) is 0 Å². The van der Waals surface area contributed by atoms with Gasteiger partial charge in [0.15, 0.2) is 0 Å². The summed E-state index contributed by atoms with van der Waals surface area (Å²) in [4.78, 5) is 3.10. The highest BCUT2D eigenvalue weighted by Crippen LogP contribution is 2.28. The molecule has 80 valence electrons. The maximum absolute atomic E-state index is 12.0. The monoisotopic (exact) mass is 209 g/mol. The van der Waals surface area contributed by atoms with Crippen LogP contribution in [0.3, 0.4) is 0 Å². The molecule has 1 aromatic rings. The Morgan fingerprint density at radius 2 is 2.21 bits per heavy atom. The molecule has 0 amide bonds. The molecule has 0 saturated heterocycles. The van der Waals surface area contributed by atoms with Crippen molar-refractivity contribution >= 4 is 0 Å². The summed E-state index contributed by atoms with van der Waals surface area (Å²) in [6.45, 7) is 1.13. The number of alkyl halides is 3. The number of hydrogen-bond acceptors (Lipinski definition) is 4. The molecule has 0 aliphatic carbocycles. The van der Waals surface area contributed by atoms with Gasteiger partial charge in [-0.25, -0.2) is 4.98 Å². The minimum Gasteiger partial charge on any atom is -0.437 e. The number of oxazole rings is 1. The van der Waals surface area contributed by atoms with Crippen molar-refractivity contribution in [2.75, 3.05) is 13.1 Å². The Morgan fingerprint density at radius 1 is 1.50 bits per heavy atom. The Bertz CT molecular complexity index is 284. The van der Waals surface area contributed by atoms with E-state index < -0.39 is 12.1 Å². The Kier molecular flexibility index (Phi) is 3.48. The lowest BCUT2D eigenvalue weighted by Crippen LogP contribution is -2.21. The van der Waals surface area contributed by atoms with Crippen LogP contribution in [0.4, 0.5) is 13.2 Å². The van der Waals surface area contributed by atoms with E-state index in [9.17, 15) is 13.2 Å². The van der Waals surface area contributed by atoms with Gasteiger partial charge in [-0.2, -0.15) is 13.2 Å². The second kappa shape index (κ2) is 4.43. The lowest BCUT2D eigenvalue weighted by Gasteiger charge is -2.00. The van der Waals surface area contributed by atoms with Crippen LogP contribution in [0.1, 0.15) is 11.7 Å².